The summed E-state index contributed by atoms with van der Waals surface area (Å²) in [6.45, 7) is 0.278. The number of aliphatic carboxylic acids is 1. The normalized spacial score (nSPS) is 11.9. The second-order valence-electron chi connectivity index (χ2n) is 3.81. The van der Waals surface area contributed by atoms with E-state index in [0.29, 0.717) is 5.75 Å². The van der Waals surface area contributed by atoms with Gasteiger partial charge in [0.05, 0.1) is 18.9 Å². The Balaban J connectivity index is 2.52. The third-order valence-corrected chi connectivity index (χ3v) is 2.87. The quantitative estimate of drug-likeness (QED) is 0.717. The fourth-order valence-corrected chi connectivity index (χ4v) is 1.80. The molecule has 1 aromatic rings. The third-order valence-electron chi connectivity index (χ3n) is 2.38. The van der Waals surface area contributed by atoms with Crippen molar-refractivity contribution in [2.45, 2.75) is 18.9 Å². The van der Waals surface area contributed by atoms with Crippen LogP contribution >= 0.6 is 15.9 Å². The molecule has 0 aromatic heterocycles. The van der Waals surface area contributed by atoms with Crippen LogP contribution < -0.4 is 10.1 Å². The minimum atomic E-state index is -0.908. The van der Waals surface area contributed by atoms with Crippen LogP contribution in [0.2, 0.25) is 0 Å². The Bertz CT molecular complexity index is 411. The van der Waals surface area contributed by atoms with Crippen LogP contribution in [0.25, 0.3) is 0 Å². The fraction of sp³-hybridized carbons (Fsp3) is 0.417. The standard InChI is InChI=1S/C12H16BrNO4/c1-18-11-4-2-8(13)6-10(11)14-7-9(15)3-5-12(16)17/h2,4,6,9,14-15H,3,5,7H2,1H3,(H,16,17). The van der Waals surface area contributed by atoms with Gasteiger partial charge in [-0.2, -0.15) is 0 Å². The number of aliphatic hydroxyl groups excluding tert-OH is 1. The SMILES string of the molecule is COc1ccc(Br)cc1NCC(O)CCC(=O)O. The number of carboxylic acids is 1. The Kier molecular flexibility index (Phi) is 5.94. The summed E-state index contributed by atoms with van der Waals surface area (Å²) in [5, 5.41) is 21.2. The fourth-order valence-electron chi connectivity index (χ4n) is 1.44. The van der Waals surface area contributed by atoms with Gasteiger partial charge in [-0.15, -0.1) is 0 Å². The number of hydrogen-bond acceptors (Lipinski definition) is 4. The van der Waals surface area contributed by atoms with Crippen molar-refractivity contribution in [1.29, 1.82) is 0 Å². The van der Waals surface area contributed by atoms with Gasteiger partial charge in [-0.25, -0.2) is 0 Å². The van der Waals surface area contributed by atoms with Gasteiger partial charge in [0.15, 0.2) is 0 Å². The van der Waals surface area contributed by atoms with E-state index in [-0.39, 0.29) is 19.4 Å². The molecule has 5 nitrogen and oxygen atoms in total. The molecule has 0 radical (unpaired) electrons. The molecule has 100 valence electrons. The van der Waals surface area contributed by atoms with E-state index in [2.05, 4.69) is 21.2 Å². The number of benzene rings is 1. The van der Waals surface area contributed by atoms with Crippen molar-refractivity contribution in [2.24, 2.45) is 0 Å². The lowest BCUT2D eigenvalue weighted by molar-refractivity contribution is -0.137. The summed E-state index contributed by atoms with van der Waals surface area (Å²) in [5.74, 6) is -0.238. The summed E-state index contributed by atoms with van der Waals surface area (Å²) in [6.07, 6.45) is -0.526. The summed E-state index contributed by atoms with van der Waals surface area (Å²) < 4.78 is 6.07. The topological polar surface area (TPSA) is 78.8 Å². The average Bonchev–Trinajstić information content (AvgIpc) is 2.34. The van der Waals surface area contributed by atoms with E-state index in [1.807, 2.05) is 12.1 Å². The van der Waals surface area contributed by atoms with Gasteiger partial charge in [-0.05, 0) is 24.6 Å². The van der Waals surface area contributed by atoms with E-state index < -0.39 is 12.1 Å². The predicted molar refractivity (Wildman–Crippen MR) is 72.1 cm³/mol. The maximum atomic E-state index is 10.4. The molecule has 18 heavy (non-hydrogen) atoms. The van der Waals surface area contributed by atoms with E-state index >= 15 is 0 Å². The van der Waals surface area contributed by atoms with Gasteiger partial charge in [0, 0.05) is 17.4 Å². The Morgan fingerprint density at radius 3 is 2.89 bits per heavy atom. The van der Waals surface area contributed by atoms with Crippen molar-refractivity contribution >= 4 is 27.6 Å². The molecule has 6 heteroatoms. The van der Waals surface area contributed by atoms with Crippen LogP contribution in [0.5, 0.6) is 5.75 Å². The average molecular weight is 318 g/mol. The molecule has 3 N–H and O–H groups in total. The van der Waals surface area contributed by atoms with Crippen molar-refractivity contribution in [3.63, 3.8) is 0 Å². The van der Waals surface area contributed by atoms with Crippen LogP contribution in [0, 0.1) is 0 Å². The first kappa shape index (κ1) is 14.8. The Labute approximate surface area is 114 Å². The van der Waals surface area contributed by atoms with Gasteiger partial charge in [-0.3, -0.25) is 4.79 Å². The second kappa shape index (κ2) is 7.23. The molecule has 0 amide bonds. The lowest BCUT2D eigenvalue weighted by Crippen LogP contribution is -2.20. The number of aliphatic hydroxyl groups is 1. The first-order valence-electron chi connectivity index (χ1n) is 5.50. The number of carbonyl (C=O) groups is 1. The molecule has 0 saturated carbocycles. The lowest BCUT2D eigenvalue weighted by atomic mass is 10.2. The number of anilines is 1. The van der Waals surface area contributed by atoms with Crippen LogP contribution in [0.3, 0.4) is 0 Å². The highest BCUT2D eigenvalue weighted by molar-refractivity contribution is 9.10. The van der Waals surface area contributed by atoms with Crippen molar-refractivity contribution in [3.8, 4) is 5.75 Å². The van der Waals surface area contributed by atoms with Crippen LogP contribution in [-0.4, -0.2) is 35.9 Å². The van der Waals surface area contributed by atoms with Gasteiger partial charge >= 0.3 is 5.97 Å². The number of methoxy groups -OCH3 is 1. The first-order valence-corrected chi connectivity index (χ1v) is 6.29. The van der Waals surface area contributed by atoms with Gasteiger partial charge < -0.3 is 20.3 Å². The smallest absolute Gasteiger partial charge is 0.303 e. The molecule has 0 aliphatic rings. The summed E-state index contributed by atoms with van der Waals surface area (Å²) in [7, 11) is 1.56. The summed E-state index contributed by atoms with van der Waals surface area (Å²) in [6, 6.07) is 5.49. The lowest BCUT2D eigenvalue weighted by Gasteiger charge is -2.14. The summed E-state index contributed by atoms with van der Waals surface area (Å²) in [5.41, 5.74) is 0.751. The molecule has 1 aromatic carbocycles. The molecule has 0 fully saturated rings. The van der Waals surface area contributed by atoms with Crippen molar-refractivity contribution in [3.05, 3.63) is 22.7 Å². The van der Waals surface area contributed by atoms with Gasteiger partial charge in [0.2, 0.25) is 0 Å². The minimum absolute atomic E-state index is 0.0432. The molecule has 1 rings (SSSR count). The number of carboxylic acid groups (broad SMARTS) is 1. The van der Waals surface area contributed by atoms with Crippen LogP contribution in [0.15, 0.2) is 22.7 Å². The van der Waals surface area contributed by atoms with Crippen LogP contribution in [0.1, 0.15) is 12.8 Å². The van der Waals surface area contributed by atoms with Crippen LogP contribution in [-0.2, 0) is 4.79 Å². The van der Waals surface area contributed by atoms with Crippen molar-refractivity contribution in [1.82, 2.24) is 0 Å². The van der Waals surface area contributed by atoms with E-state index in [1.165, 1.54) is 0 Å². The molecule has 1 atom stereocenters. The highest BCUT2D eigenvalue weighted by Crippen LogP contribution is 2.27. The third kappa shape index (κ3) is 4.93. The van der Waals surface area contributed by atoms with Crippen molar-refractivity contribution < 1.29 is 19.7 Å². The highest BCUT2D eigenvalue weighted by Gasteiger charge is 2.09. The van der Waals surface area contributed by atoms with E-state index in [0.717, 1.165) is 10.2 Å². The Morgan fingerprint density at radius 1 is 1.56 bits per heavy atom. The maximum Gasteiger partial charge on any atom is 0.303 e. The Hall–Kier alpha value is -1.27. The van der Waals surface area contributed by atoms with E-state index in [1.54, 1.807) is 13.2 Å². The zero-order valence-corrected chi connectivity index (χ0v) is 11.6. The maximum absolute atomic E-state index is 10.4. The van der Waals surface area contributed by atoms with E-state index in [4.69, 9.17) is 9.84 Å². The molecular weight excluding hydrogens is 302 g/mol. The monoisotopic (exact) mass is 317 g/mol. The predicted octanol–water partition coefficient (Wildman–Crippen LogP) is 2.10. The molecule has 0 heterocycles. The number of ether oxygens (including phenoxy) is 1. The van der Waals surface area contributed by atoms with Crippen LogP contribution in [0.4, 0.5) is 5.69 Å². The molecule has 0 saturated heterocycles. The number of nitrogens with one attached hydrogen (secondary N) is 1. The van der Waals surface area contributed by atoms with Gasteiger partial charge in [0.1, 0.15) is 5.75 Å². The number of halogens is 1. The summed E-state index contributed by atoms with van der Waals surface area (Å²) >= 11 is 3.35. The molecule has 0 aliphatic carbocycles. The second-order valence-corrected chi connectivity index (χ2v) is 4.73. The Morgan fingerprint density at radius 2 is 2.28 bits per heavy atom. The number of hydrogen-bond donors (Lipinski definition) is 3. The minimum Gasteiger partial charge on any atom is -0.495 e. The number of rotatable bonds is 7. The molecule has 1 unspecified atom stereocenters. The van der Waals surface area contributed by atoms with Crippen molar-refractivity contribution in [2.75, 3.05) is 19.0 Å². The summed E-state index contributed by atoms with van der Waals surface area (Å²) in [4.78, 5) is 10.4. The van der Waals surface area contributed by atoms with E-state index in [9.17, 15) is 9.90 Å². The molecule has 0 bridgehead atoms. The molecular formula is C12H16BrNO4. The first-order chi connectivity index (χ1) is 8.52. The zero-order chi connectivity index (χ0) is 13.5. The highest BCUT2D eigenvalue weighted by atomic mass is 79.9. The van der Waals surface area contributed by atoms with Gasteiger partial charge in [0.25, 0.3) is 0 Å². The van der Waals surface area contributed by atoms with Gasteiger partial charge in [-0.1, -0.05) is 15.9 Å². The molecule has 0 aliphatic heterocycles. The zero-order valence-electron chi connectivity index (χ0n) is 10.0. The molecule has 0 spiro atoms. The largest absolute Gasteiger partial charge is 0.495 e.